The number of carbonyl (C=O) groups is 1. The normalized spacial score (nSPS) is 11.2. The van der Waals surface area contributed by atoms with Crippen molar-refractivity contribution in [3.05, 3.63) is 59.1 Å². The fraction of sp³-hybridized carbons (Fsp3) is 0.158. The number of nitrogens with one attached hydrogen (secondary N) is 1. The minimum Gasteiger partial charge on any atom is -0.497 e. The Balaban J connectivity index is 1.98. The minimum atomic E-state index is -4.76. The van der Waals surface area contributed by atoms with Crippen LogP contribution in [0.4, 0.5) is 18.9 Å². The van der Waals surface area contributed by atoms with Crippen LogP contribution in [0.2, 0.25) is 0 Å². The predicted molar refractivity (Wildman–Crippen MR) is 100 cm³/mol. The summed E-state index contributed by atoms with van der Waals surface area (Å²) in [7, 11) is 2.86. The summed E-state index contributed by atoms with van der Waals surface area (Å²) in [6.07, 6.45) is -4.76. The van der Waals surface area contributed by atoms with Crippen molar-refractivity contribution in [1.29, 1.82) is 0 Å². The number of aromatic nitrogens is 1. The van der Waals surface area contributed by atoms with Crippen molar-refractivity contribution in [2.45, 2.75) is 6.18 Å². The zero-order chi connectivity index (χ0) is 20.3. The molecule has 5 nitrogen and oxygen atoms in total. The first kappa shape index (κ1) is 19.7. The molecule has 0 spiro atoms. The third-order valence-electron chi connectivity index (χ3n) is 3.73. The Labute approximate surface area is 162 Å². The molecule has 1 N–H and O–H groups in total. The molecular formula is C19H15F3N2O3S. The van der Waals surface area contributed by atoms with E-state index in [1.54, 1.807) is 36.4 Å². The largest absolute Gasteiger partial charge is 0.497 e. The third kappa shape index (κ3) is 4.25. The molecule has 9 heteroatoms. The van der Waals surface area contributed by atoms with E-state index in [1.807, 2.05) is 0 Å². The second kappa shape index (κ2) is 7.89. The van der Waals surface area contributed by atoms with Crippen LogP contribution in [-0.2, 0) is 6.18 Å². The predicted octanol–water partition coefficient (Wildman–Crippen LogP) is 5.10. The summed E-state index contributed by atoms with van der Waals surface area (Å²) in [6.45, 7) is 0. The number of hydrogen-bond acceptors (Lipinski definition) is 5. The van der Waals surface area contributed by atoms with E-state index < -0.39 is 22.7 Å². The van der Waals surface area contributed by atoms with Crippen molar-refractivity contribution in [1.82, 2.24) is 4.98 Å². The number of amides is 1. The molecule has 0 saturated carbocycles. The number of nitrogens with zero attached hydrogens (tertiary/aromatic N) is 1. The van der Waals surface area contributed by atoms with Crippen LogP contribution in [0.3, 0.4) is 0 Å². The van der Waals surface area contributed by atoms with Gasteiger partial charge in [0, 0.05) is 29.4 Å². The standard InChI is InChI=1S/C19H15F3N2O3S/c1-26-13-8-12(9-14(10-13)27-2)23-17(25)15-16(19(20,21)22)24-18(28-15)11-6-4-3-5-7-11/h3-10H,1-2H3,(H,23,25). The maximum Gasteiger partial charge on any atom is 0.435 e. The van der Waals surface area contributed by atoms with E-state index in [1.165, 1.54) is 26.4 Å². The van der Waals surface area contributed by atoms with Crippen LogP contribution in [0.1, 0.15) is 15.4 Å². The first-order valence-electron chi connectivity index (χ1n) is 7.99. The quantitative estimate of drug-likeness (QED) is 0.638. The Morgan fingerprint density at radius 2 is 1.64 bits per heavy atom. The lowest BCUT2D eigenvalue weighted by Gasteiger charge is -2.10. The monoisotopic (exact) mass is 408 g/mol. The van der Waals surface area contributed by atoms with Gasteiger partial charge in [-0.2, -0.15) is 13.2 Å². The van der Waals surface area contributed by atoms with Crippen LogP contribution in [0.25, 0.3) is 10.6 Å². The lowest BCUT2D eigenvalue weighted by molar-refractivity contribution is -0.140. The summed E-state index contributed by atoms with van der Waals surface area (Å²) in [5.74, 6) is -0.137. The second-order valence-corrected chi connectivity index (χ2v) is 6.62. The maximum atomic E-state index is 13.4. The summed E-state index contributed by atoms with van der Waals surface area (Å²) in [4.78, 5) is 15.7. The zero-order valence-corrected chi connectivity index (χ0v) is 15.6. The van der Waals surface area contributed by atoms with Crippen molar-refractivity contribution >= 4 is 22.9 Å². The van der Waals surface area contributed by atoms with Crippen LogP contribution in [0.15, 0.2) is 48.5 Å². The highest BCUT2D eigenvalue weighted by Gasteiger charge is 2.39. The fourth-order valence-corrected chi connectivity index (χ4v) is 3.42. The number of rotatable bonds is 5. The van der Waals surface area contributed by atoms with Crippen LogP contribution < -0.4 is 14.8 Å². The smallest absolute Gasteiger partial charge is 0.435 e. The Morgan fingerprint density at radius 1 is 1.04 bits per heavy atom. The lowest BCUT2D eigenvalue weighted by Crippen LogP contribution is -2.17. The van der Waals surface area contributed by atoms with E-state index in [2.05, 4.69) is 10.3 Å². The molecule has 28 heavy (non-hydrogen) atoms. The van der Waals surface area contributed by atoms with Gasteiger partial charge in [-0.25, -0.2) is 4.98 Å². The van der Waals surface area contributed by atoms with Gasteiger partial charge in [0.1, 0.15) is 21.4 Å². The summed E-state index contributed by atoms with van der Waals surface area (Å²) < 4.78 is 50.5. The molecule has 0 aliphatic heterocycles. The van der Waals surface area contributed by atoms with E-state index in [-0.39, 0.29) is 10.7 Å². The molecule has 2 aromatic carbocycles. The molecule has 0 atom stereocenters. The molecule has 1 aromatic heterocycles. The van der Waals surface area contributed by atoms with Gasteiger partial charge in [0.2, 0.25) is 0 Å². The molecular weight excluding hydrogens is 393 g/mol. The Kier molecular flexibility index (Phi) is 5.55. The van der Waals surface area contributed by atoms with Crippen LogP contribution >= 0.6 is 11.3 Å². The molecule has 0 aliphatic rings. The highest BCUT2D eigenvalue weighted by atomic mass is 32.1. The second-order valence-electron chi connectivity index (χ2n) is 5.62. The third-order valence-corrected chi connectivity index (χ3v) is 4.84. The summed E-state index contributed by atoms with van der Waals surface area (Å²) in [5.41, 5.74) is -0.479. The van der Waals surface area contributed by atoms with E-state index in [9.17, 15) is 18.0 Å². The number of halogens is 3. The lowest BCUT2D eigenvalue weighted by atomic mass is 10.2. The first-order valence-corrected chi connectivity index (χ1v) is 8.81. The molecule has 0 saturated heterocycles. The number of benzene rings is 2. The van der Waals surface area contributed by atoms with E-state index in [0.717, 1.165) is 0 Å². The molecule has 1 amide bonds. The van der Waals surface area contributed by atoms with Gasteiger partial charge in [0.25, 0.3) is 5.91 Å². The van der Waals surface area contributed by atoms with E-state index >= 15 is 0 Å². The van der Waals surface area contributed by atoms with Gasteiger partial charge in [-0.05, 0) is 0 Å². The Morgan fingerprint density at radius 3 is 2.18 bits per heavy atom. The van der Waals surface area contributed by atoms with Crippen LogP contribution in [-0.4, -0.2) is 25.1 Å². The number of thiazole rings is 1. The minimum absolute atomic E-state index is 0.112. The average molecular weight is 408 g/mol. The molecule has 0 fully saturated rings. The Hall–Kier alpha value is -3.07. The van der Waals surface area contributed by atoms with Crippen molar-refractivity contribution in [3.8, 4) is 22.1 Å². The Bertz CT molecular complexity index is 966. The fourth-order valence-electron chi connectivity index (χ4n) is 2.44. The van der Waals surface area contributed by atoms with Crippen LogP contribution in [0.5, 0.6) is 11.5 Å². The molecule has 0 radical (unpaired) electrons. The van der Waals surface area contributed by atoms with Gasteiger partial charge in [0.15, 0.2) is 5.69 Å². The van der Waals surface area contributed by atoms with Gasteiger partial charge in [-0.1, -0.05) is 30.3 Å². The summed E-state index contributed by atoms with van der Waals surface area (Å²) in [6, 6.07) is 12.9. The van der Waals surface area contributed by atoms with Gasteiger partial charge in [0.05, 0.1) is 14.2 Å². The molecule has 0 aliphatic carbocycles. The zero-order valence-electron chi connectivity index (χ0n) is 14.8. The number of carbonyl (C=O) groups excluding carboxylic acids is 1. The molecule has 0 unspecified atom stereocenters. The van der Waals surface area contributed by atoms with Crippen molar-refractivity contribution < 1.29 is 27.4 Å². The number of alkyl halides is 3. The highest BCUT2D eigenvalue weighted by molar-refractivity contribution is 7.17. The van der Waals surface area contributed by atoms with Gasteiger partial charge in [-0.15, -0.1) is 11.3 Å². The van der Waals surface area contributed by atoms with E-state index in [4.69, 9.17) is 9.47 Å². The SMILES string of the molecule is COc1cc(NC(=O)c2sc(-c3ccccc3)nc2C(F)(F)F)cc(OC)c1. The summed E-state index contributed by atoms with van der Waals surface area (Å²) in [5, 5.41) is 2.57. The number of ether oxygens (including phenoxy) is 2. The number of methoxy groups -OCH3 is 2. The highest BCUT2D eigenvalue weighted by Crippen LogP contribution is 2.38. The van der Waals surface area contributed by atoms with Gasteiger partial charge in [-0.3, -0.25) is 4.79 Å². The van der Waals surface area contributed by atoms with Crippen molar-refractivity contribution in [2.75, 3.05) is 19.5 Å². The number of hydrogen-bond donors (Lipinski definition) is 1. The van der Waals surface area contributed by atoms with Crippen LogP contribution in [0, 0.1) is 0 Å². The molecule has 3 aromatic rings. The van der Waals surface area contributed by atoms with E-state index in [0.29, 0.717) is 28.4 Å². The molecule has 146 valence electrons. The first-order chi connectivity index (χ1) is 13.3. The molecule has 1 heterocycles. The van der Waals surface area contributed by atoms with Crippen molar-refractivity contribution in [3.63, 3.8) is 0 Å². The molecule has 0 bridgehead atoms. The number of anilines is 1. The maximum absolute atomic E-state index is 13.4. The van der Waals surface area contributed by atoms with Gasteiger partial charge >= 0.3 is 6.18 Å². The average Bonchev–Trinajstić information content (AvgIpc) is 3.14. The van der Waals surface area contributed by atoms with Crippen molar-refractivity contribution in [2.24, 2.45) is 0 Å². The molecule has 3 rings (SSSR count). The topological polar surface area (TPSA) is 60.5 Å². The van der Waals surface area contributed by atoms with Gasteiger partial charge < -0.3 is 14.8 Å². The summed E-state index contributed by atoms with van der Waals surface area (Å²) >= 11 is 0.681.